The van der Waals surface area contributed by atoms with Crippen molar-refractivity contribution in [2.45, 2.75) is 77.4 Å². The predicted octanol–water partition coefficient (Wildman–Crippen LogP) is 5.46. The largest absolute Gasteiger partial charge is 0.514 e. The molecule has 7 nitrogen and oxygen atoms in total. The highest BCUT2D eigenvalue weighted by Crippen LogP contribution is 2.35. The number of halogens is 2. The molecule has 1 N–H and O–H groups in total. The monoisotopic (exact) mass is 456 g/mol. The molecule has 9 heteroatoms. The molecule has 1 aliphatic rings. The van der Waals surface area contributed by atoms with Crippen molar-refractivity contribution >= 4 is 18.1 Å². The molecule has 1 unspecified atom stereocenters. The third-order valence-corrected chi connectivity index (χ3v) is 5.71. The van der Waals surface area contributed by atoms with E-state index in [0.717, 1.165) is 25.7 Å². The molecule has 1 aliphatic carbocycles. The van der Waals surface area contributed by atoms with Gasteiger partial charge in [0.2, 0.25) is 0 Å². The number of carbonyl (C=O) groups excluding carboxylic acids is 2. The molecule has 1 saturated carbocycles. The number of carbonyl (C=O) groups is 3. The molecule has 32 heavy (non-hydrogen) atoms. The molecule has 0 aliphatic heterocycles. The van der Waals surface area contributed by atoms with Crippen molar-refractivity contribution in [1.29, 1.82) is 0 Å². The topological polar surface area (TPSA) is 99.1 Å². The highest BCUT2D eigenvalue weighted by atomic mass is 19.3. The maximum Gasteiger partial charge on any atom is 0.514 e. The lowest BCUT2D eigenvalue weighted by Gasteiger charge is -2.35. The lowest BCUT2D eigenvalue weighted by atomic mass is 9.79. The summed E-state index contributed by atoms with van der Waals surface area (Å²) in [4.78, 5) is 35.3. The molecule has 0 bridgehead atoms. The smallest absolute Gasteiger partial charge is 0.477 e. The van der Waals surface area contributed by atoms with E-state index in [4.69, 9.17) is 19.3 Å². The van der Waals surface area contributed by atoms with E-state index in [1.54, 1.807) is 0 Å². The first-order chi connectivity index (χ1) is 14.8. The van der Waals surface area contributed by atoms with Gasteiger partial charge in [0.05, 0.1) is 5.56 Å². The normalized spacial score (nSPS) is 16.3. The van der Waals surface area contributed by atoms with E-state index < -0.39 is 41.6 Å². The quantitative estimate of drug-likeness (QED) is 0.409. The SMILES string of the molecule is CC(C)C(OC(=O)c1ccc(OC(=O)OC(C)(C)C2CCCCC2)cc1)C(F)(F)C(=O)O. The summed E-state index contributed by atoms with van der Waals surface area (Å²) < 4.78 is 43.2. The summed E-state index contributed by atoms with van der Waals surface area (Å²) in [6.45, 7) is 6.35. The number of carboxylic acids is 1. The second-order valence-corrected chi connectivity index (χ2v) is 8.91. The van der Waals surface area contributed by atoms with Crippen molar-refractivity contribution in [3.05, 3.63) is 29.8 Å². The van der Waals surface area contributed by atoms with Gasteiger partial charge in [-0.2, -0.15) is 8.78 Å². The van der Waals surface area contributed by atoms with Crippen molar-refractivity contribution < 1.29 is 42.5 Å². The van der Waals surface area contributed by atoms with Crippen LogP contribution in [0.25, 0.3) is 0 Å². The van der Waals surface area contributed by atoms with E-state index in [1.165, 1.54) is 44.5 Å². The van der Waals surface area contributed by atoms with Gasteiger partial charge in [-0.3, -0.25) is 0 Å². The average Bonchev–Trinajstić information content (AvgIpc) is 2.72. The van der Waals surface area contributed by atoms with E-state index in [1.807, 2.05) is 13.8 Å². The summed E-state index contributed by atoms with van der Waals surface area (Å²) in [7, 11) is 0. The molecule has 1 atom stereocenters. The van der Waals surface area contributed by atoms with Gasteiger partial charge in [-0.1, -0.05) is 33.1 Å². The van der Waals surface area contributed by atoms with Crippen LogP contribution in [0.5, 0.6) is 5.75 Å². The van der Waals surface area contributed by atoms with E-state index in [9.17, 15) is 23.2 Å². The standard InChI is InChI=1S/C23H30F2O7/c1-14(2)18(23(24,25)20(27)28)31-19(26)15-10-12-17(13-11-15)30-21(29)32-22(3,4)16-8-6-5-7-9-16/h10-14,16,18H,5-9H2,1-4H3,(H,27,28). The van der Waals surface area contributed by atoms with Gasteiger partial charge in [-0.05, 0) is 62.8 Å². The van der Waals surface area contributed by atoms with Crippen LogP contribution >= 0.6 is 0 Å². The first-order valence-electron chi connectivity index (χ1n) is 10.7. The zero-order valence-corrected chi connectivity index (χ0v) is 18.7. The summed E-state index contributed by atoms with van der Waals surface area (Å²) in [5.41, 5.74) is -0.775. The van der Waals surface area contributed by atoms with E-state index >= 15 is 0 Å². The Bertz CT molecular complexity index is 812. The Morgan fingerprint density at radius 1 is 1.03 bits per heavy atom. The van der Waals surface area contributed by atoms with Crippen molar-refractivity contribution in [2.75, 3.05) is 0 Å². The second-order valence-electron chi connectivity index (χ2n) is 8.91. The molecule has 1 fully saturated rings. The second kappa shape index (κ2) is 10.3. The Morgan fingerprint density at radius 3 is 2.09 bits per heavy atom. The average molecular weight is 456 g/mol. The molecule has 1 aromatic carbocycles. The fourth-order valence-electron chi connectivity index (χ4n) is 3.81. The lowest BCUT2D eigenvalue weighted by Crippen LogP contribution is -2.47. The van der Waals surface area contributed by atoms with E-state index in [-0.39, 0.29) is 17.2 Å². The Balaban J connectivity index is 1.99. The molecule has 0 amide bonds. The third kappa shape index (κ3) is 6.40. The van der Waals surface area contributed by atoms with Crippen LogP contribution < -0.4 is 4.74 Å². The number of benzene rings is 1. The van der Waals surface area contributed by atoms with Crippen molar-refractivity contribution in [2.24, 2.45) is 11.8 Å². The van der Waals surface area contributed by atoms with Crippen LogP contribution in [-0.2, 0) is 14.3 Å². The molecular weight excluding hydrogens is 426 g/mol. The molecule has 0 radical (unpaired) electrons. The van der Waals surface area contributed by atoms with Crippen LogP contribution in [0.2, 0.25) is 0 Å². The number of hydrogen-bond donors (Lipinski definition) is 1. The molecule has 0 aromatic heterocycles. The van der Waals surface area contributed by atoms with Gasteiger partial charge in [0, 0.05) is 0 Å². The minimum atomic E-state index is -4.23. The Kier molecular flexibility index (Phi) is 8.20. The van der Waals surface area contributed by atoms with Crippen molar-refractivity contribution in [3.63, 3.8) is 0 Å². The van der Waals surface area contributed by atoms with Gasteiger partial charge in [-0.25, -0.2) is 14.4 Å². The van der Waals surface area contributed by atoms with Gasteiger partial charge in [0.15, 0.2) is 6.10 Å². The van der Waals surface area contributed by atoms with Crippen LogP contribution in [0.15, 0.2) is 24.3 Å². The van der Waals surface area contributed by atoms with Gasteiger partial charge < -0.3 is 19.3 Å². The molecule has 0 saturated heterocycles. The van der Waals surface area contributed by atoms with Crippen molar-refractivity contribution in [1.82, 2.24) is 0 Å². The first-order valence-corrected chi connectivity index (χ1v) is 10.7. The zero-order valence-electron chi connectivity index (χ0n) is 18.7. The number of esters is 1. The molecule has 178 valence electrons. The highest BCUT2D eigenvalue weighted by molar-refractivity contribution is 5.90. The molecular formula is C23H30F2O7. The maximum atomic E-state index is 13.9. The lowest BCUT2D eigenvalue weighted by molar-refractivity contribution is -0.187. The first kappa shape index (κ1) is 25.5. The molecule has 0 spiro atoms. The fourth-order valence-corrected chi connectivity index (χ4v) is 3.81. The molecule has 1 aromatic rings. The Labute approximate surface area is 186 Å². The summed E-state index contributed by atoms with van der Waals surface area (Å²) in [6.07, 6.45) is 2.32. The van der Waals surface area contributed by atoms with Crippen LogP contribution in [0, 0.1) is 11.8 Å². The number of alkyl halides is 2. The minimum absolute atomic E-state index is 0.0971. The summed E-state index contributed by atoms with van der Waals surface area (Å²) in [5, 5.41) is 8.73. The van der Waals surface area contributed by atoms with Gasteiger partial charge >= 0.3 is 24.0 Å². The fraction of sp³-hybridized carbons (Fsp3) is 0.609. The zero-order chi connectivity index (χ0) is 24.1. The van der Waals surface area contributed by atoms with Crippen molar-refractivity contribution in [3.8, 4) is 5.75 Å². The summed E-state index contributed by atoms with van der Waals surface area (Å²) in [6, 6.07) is 5.05. The Morgan fingerprint density at radius 2 is 1.59 bits per heavy atom. The van der Waals surface area contributed by atoms with E-state index in [2.05, 4.69) is 0 Å². The van der Waals surface area contributed by atoms with Crippen LogP contribution in [0.1, 0.15) is 70.2 Å². The number of carboxylic acid groups (broad SMARTS) is 1. The van der Waals surface area contributed by atoms with Crippen LogP contribution in [0.3, 0.4) is 0 Å². The Hall–Kier alpha value is -2.71. The van der Waals surface area contributed by atoms with Gasteiger partial charge in [-0.15, -0.1) is 0 Å². The third-order valence-electron chi connectivity index (χ3n) is 5.71. The highest BCUT2D eigenvalue weighted by Gasteiger charge is 2.51. The number of hydrogen-bond acceptors (Lipinski definition) is 6. The predicted molar refractivity (Wildman–Crippen MR) is 111 cm³/mol. The van der Waals surface area contributed by atoms with E-state index in [0.29, 0.717) is 0 Å². The number of ether oxygens (including phenoxy) is 3. The molecule has 0 heterocycles. The van der Waals surface area contributed by atoms with Crippen LogP contribution in [-0.4, -0.2) is 40.8 Å². The van der Waals surface area contributed by atoms with Crippen LogP contribution in [0.4, 0.5) is 13.6 Å². The van der Waals surface area contributed by atoms with Gasteiger partial charge in [0.25, 0.3) is 0 Å². The number of rotatable bonds is 8. The summed E-state index contributed by atoms with van der Waals surface area (Å²) >= 11 is 0. The minimum Gasteiger partial charge on any atom is -0.477 e. The van der Waals surface area contributed by atoms with Gasteiger partial charge in [0.1, 0.15) is 11.4 Å². The number of aliphatic carboxylic acids is 1. The maximum absolute atomic E-state index is 13.9. The molecule has 2 rings (SSSR count). The summed E-state index contributed by atoms with van der Waals surface area (Å²) in [5.74, 6) is -8.31.